The van der Waals surface area contributed by atoms with Crippen molar-refractivity contribution in [1.82, 2.24) is 9.88 Å². The lowest BCUT2D eigenvalue weighted by Crippen LogP contribution is -2.47. The first-order valence-corrected chi connectivity index (χ1v) is 11.1. The lowest BCUT2D eigenvalue weighted by Gasteiger charge is -2.18. The quantitative estimate of drug-likeness (QED) is 0.501. The molecule has 1 atom stereocenters. The Labute approximate surface area is 188 Å². The van der Waals surface area contributed by atoms with Gasteiger partial charge in [-0.3, -0.25) is 14.2 Å². The molecule has 3 aromatic rings. The molecule has 31 heavy (non-hydrogen) atoms. The van der Waals surface area contributed by atoms with Gasteiger partial charge in [0.1, 0.15) is 6.04 Å². The Morgan fingerprint density at radius 3 is 2.26 bits per heavy atom. The average Bonchev–Trinajstić information content (AvgIpc) is 2.76. The lowest BCUT2D eigenvalue weighted by atomic mass is 10.2. The maximum absolute atomic E-state index is 12.7. The number of aromatic nitrogens is 1. The second-order valence-electron chi connectivity index (χ2n) is 6.56. The van der Waals surface area contributed by atoms with Crippen LogP contribution in [0, 0.1) is 0 Å². The Morgan fingerprint density at radius 1 is 0.968 bits per heavy atom. The molecule has 7 nitrogen and oxygen atoms in total. The summed E-state index contributed by atoms with van der Waals surface area (Å²) in [6.45, 7) is 0. The van der Waals surface area contributed by atoms with E-state index in [4.69, 9.17) is 11.6 Å². The van der Waals surface area contributed by atoms with Crippen LogP contribution in [0.2, 0.25) is 5.02 Å². The zero-order valence-electron chi connectivity index (χ0n) is 16.7. The van der Waals surface area contributed by atoms with E-state index in [1.165, 1.54) is 22.4 Å². The molecule has 0 saturated carbocycles. The lowest BCUT2D eigenvalue weighted by molar-refractivity contribution is -0.117. The summed E-state index contributed by atoms with van der Waals surface area (Å²) in [5.74, 6) is 0.0578. The summed E-state index contributed by atoms with van der Waals surface area (Å²) in [6.07, 6.45) is 3.53. The number of hydrogen-bond donors (Lipinski definition) is 3. The van der Waals surface area contributed by atoms with Crippen molar-refractivity contribution in [3.05, 3.63) is 88.3 Å². The molecule has 3 rings (SSSR count). The summed E-state index contributed by atoms with van der Waals surface area (Å²) in [5, 5.41) is 8.72. The van der Waals surface area contributed by atoms with Crippen molar-refractivity contribution < 1.29 is 9.59 Å². The molecule has 0 radical (unpaired) electrons. The molecule has 160 valence electrons. The fourth-order valence-electron chi connectivity index (χ4n) is 2.78. The summed E-state index contributed by atoms with van der Waals surface area (Å²) in [6, 6.07) is 17.2. The summed E-state index contributed by atoms with van der Waals surface area (Å²) in [7, 11) is 0. The van der Waals surface area contributed by atoms with Gasteiger partial charge in [0.05, 0.1) is 0 Å². The number of nitrogens with one attached hydrogen (secondary N) is 3. The Kier molecular flexibility index (Phi) is 7.75. The molecule has 3 amide bonds. The Balaban J connectivity index is 1.63. The summed E-state index contributed by atoms with van der Waals surface area (Å²) in [4.78, 5) is 36.9. The number of hydrogen-bond acceptors (Lipinski definition) is 4. The van der Waals surface area contributed by atoms with Gasteiger partial charge in [0, 0.05) is 40.1 Å². The molecular formula is C22H21ClN4O3S. The molecular weight excluding hydrogens is 436 g/mol. The Morgan fingerprint density at radius 2 is 1.61 bits per heavy atom. The normalized spacial score (nSPS) is 11.4. The monoisotopic (exact) mass is 456 g/mol. The molecule has 0 bridgehead atoms. The number of anilines is 2. The van der Waals surface area contributed by atoms with E-state index in [0.29, 0.717) is 27.8 Å². The van der Waals surface area contributed by atoms with Gasteiger partial charge >= 0.3 is 6.03 Å². The second kappa shape index (κ2) is 10.7. The maximum atomic E-state index is 12.7. The largest absolute Gasteiger partial charge is 0.325 e. The van der Waals surface area contributed by atoms with Crippen LogP contribution in [0.3, 0.4) is 0 Å². The number of halogens is 1. The van der Waals surface area contributed by atoms with Gasteiger partial charge in [0.15, 0.2) is 0 Å². The highest BCUT2D eigenvalue weighted by Gasteiger charge is 2.20. The van der Waals surface area contributed by atoms with Crippen molar-refractivity contribution in [3.8, 4) is 5.69 Å². The fourth-order valence-corrected chi connectivity index (χ4v) is 3.48. The average molecular weight is 457 g/mol. The van der Waals surface area contributed by atoms with E-state index in [9.17, 15) is 14.4 Å². The number of benzene rings is 2. The number of carbonyl (C=O) groups excluding carboxylic acids is 2. The molecule has 0 spiro atoms. The number of urea groups is 1. The third-order valence-electron chi connectivity index (χ3n) is 4.29. The van der Waals surface area contributed by atoms with Gasteiger partial charge in [-0.05, 0) is 60.9 Å². The second-order valence-corrected chi connectivity index (χ2v) is 7.91. The number of amides is 3. The smallest absolute Gasteiger partial charge is 0.319 e. The van der Waals surface area contributed by atoms with Gasteiger partial charge in [0.2, 0.25) is 5.91 Å². The standard InChI is InChI=1S/C22H21ClN4O3S/c1-31-14-19(26-22(30)25-17-7-5-15(23)6-8-17)21(29)24-16-9-11-18(12-10-16)27-13-3-2-4-20(27)28/h2-13,19H,14H2,1H3,(H,24,29)(H2,25,26,30)/t19-/m0/s1. The number of nitrogens with zero attached hydrogens (tertiary/aromatic N) is 1. The predicted octanol–water partition coefficient (Wildman–Crippen LogP) is 3.98. The van der Waals surface area contributed by atoms with Crippen molar-refractivity contribution in [3.63, 3.8) is 0 Å². The highest BCUT2D eigenvalue weighted by molar-refractivity contribution is 7.98. The zero-order chi connectivity index (χ0) is 22.2. The number of thioether (sulfide) groups is 1. The van der Waals surface area contributed by atoms with Crippen LogP contribution in [-0.4, -0.2) is 34.6 Å². The molecule has 1 aromatic heterocycles. The van der Waals surface area contributed by atoms with Crippen LogP contribution >= 0.6 is 23.4 Å². The van der Waals surface area contributed by atoms with Crippen LogP contribution in [0.5, 0.6) is 0 Å². The number of pyridine rings is 1. The van der Waals surface area contributed by atoms with E-state index >= 15 is 0 Å². The minimum atomic E-state index is -0.737. The molecule has 1 heterocycles. The van der Waals surface area contributed by atoms with E-state index in [2.05, 4.69) is 16.0 Å². The molecule has 0 aliphatic heterocycles. The SMILES string of the molecule is CSC[C@H](NC(=O)Nc1ccc(Cl)cc1)C(=O)Nc1ccc(-n2ccccc2=O)cc1. The van der Waals surface area contributed by atoms with Gasteiger partial charge in [-0.2, -0.15) is 11.8 Å². The molecule has 0 unspecified atom stereocenters. The minimum Gasteiger partial charge on any atom is -0.325 e. The summed E-state index contributed by atoms with van der Waals surface area (Å²) < 4.78 is 1.50. The molecule has 0 aliphatic rings. The van der Waals surface area contributed by atoms with E-state index in [0.717, 1.165) is 0 Å². The third-order valence-corrected chi connectivity index (χ3v) is 5.21. The van der Waals surface area contributed by atoms with E-state index < -0.39 is 12.1 Å². The highest BCUT2D eigenvalue weighted by Crippen LogP contribution is 2.14. The minimum absolute atomic E-state index is 0.143. The van der Waals surface area contributed by atoms with Crippen LogP contribution in [0.15, 0.2) is 77.7 Å². The summed E-state index contributed by atoms with van der Waals surface area (Å²) >= 11 is 7.29. The van der Waals surface area contributed by atoms with Crippen LogP contribution in [-0.2, 0) is 4.79 Å². The topological polar surface area (TPSA) is 92.2 Å². The molecule has 3 N–H and O–H groups in total. The Bertz CT molecular complexity index is 1100. The first kappa shape index (κ1) is 22.5. The first-order valence-electron chi connectivity index (χ1n) is 9.37. The zero-order valence-corrected chi connectivity index (χ0v) is 18.2. The maximum Gasteiger partial charge on any atom is 0.319 e. The summed E-state index contributed by atoms with van der Waals surface area (Å²) in [5.41, 5.74) is 1.67. The van der Waals surface area contributed by atoms with Crippen molar-refractivity contribution in [2.75, 3.05) is 22.6 Å². The van der Waals surface area contributed by atoms with Crippen LogP contribution < -0.4 is 21.5 Å². The molecule has 0 fully saturated rings. The molecule has 0 saturated heterocycles. The number of carbonyl (C=O) groups is 2. The molecule has 9 heteroatoms. The Hall–Kier alpha value is -3.23. The van der Waals surface area contributed by atoms with Gasteiger partial charge in [-0.1, -0.05) is 17.7 Å². The van der Waals surface area contributed by atoms with Gasteiger partial charge < -0.3 is 16.0 Å². The van der Waals surface area contributed by atoms with Crippen LogP contribution in [0.4, 0.5) is 16.2 Å². The van der Waals surface area contributed by atoms with E-state index in [1.54, 1.807) is 66.9 Å². The van der Waals surface area contributed by atoms with Gasteiger partial charge in [-0.25, -0.2) is 4.79 Å². The van der Waals surface area contributed by atoms with Crippen LogP contribution in [0.25, 0.3) is 5.69 Å². The van der Waals surface area contributed by atoms with Crippen molar-refractivity contribution in [2.24, 2.45) is 0 Å². The highest BCUT2D eigenvalue weighted by atomic mass is 35.5. The van der Waals surface area contributed by atoms with Crippen LogP contribution in [0.1, 0.15) is 0 Å². The number of rotatable bonds is 7. The molecule has 0 aliphatic carbocycles. The predicted molar refractivity (Wildman–Crippen MR) is 126 cm³/mol. The third kappa shape index (κ3) is 6.37. The van der Waals surface area contributed by atoms with E-state index in [-0.39, 0.29) is 11.5 Å². The van der Waals surface area contributed by atoms with Gasteiger partial charge in [-0.15, -0.1) is 0 Å². The van der Waals surface area contributed by atoms with E-state index in [1.807, 2.05) is 6.26 Å². The van der Waals surface area contributed by atoms with Crippen molar-refractivity contribution in [1.29, 1.82) is 0 Å². The first-order chi connectivity index (χ1) is 15.0. The van der Waals surface area contributed by atoms with Crippen molar-refractivity contribution >= 4 is 46.7 Å². The molecule has 2 aromatic carbocycles. The van der Waals surface area contributed by atoms with Gasteiger partial charge in [0.25, 0.3) is 5.56 Å². The van der Waals surface area contributed by atoms with Crippen molar-refractivity contribution in [2.45, 2.75) is 6.04 Å². The fraction of sp³-hybridized carbons (Fsp3) is 0.136.